The molecule has 0 unspecified atom stereocenters. The van der Waals surface area contributed by atoms with E-state index in [1.807, 2.05) is 6.07 Å². The summed E-state index contributed by atoms with van der Waals surface area (Å²) in [6, 6.07) is 3.33. The van der Waals surface area contributed by atoms with Crippen molar-refractivity contribution in [2.45, 2.75) is 12.3 Å². The van der Waals surface area contributed by atoms with Crippen LogP contribution in [0.15, 0.2) is 12.1 Å². The number of nitro benzene ring substituents is 1. The SMILES string of the molecule is O=[N+]([O-])c1cc(CCl)cc2c1OCC2. The van der Waals surface area contributed by atoms with Gasteiger partial charge in [-0.25, -0.2) is 0 Å². The van der Waals surface area contributed by atoms with Gasteiger partial charge >= 0.3 is 5.69 Å². The fourth-order valence-corrected chi connectivity index (χ4v) is 1.72. The number of nitrogens with zero attached hydrogens (tertiary/aromatic N) is 1. The van der Waals surface area contributed by atoms with Gasteiger partial charge in [-0.2, -0.15) is 0 Å². The van der Waals surface area contributed by atoms with Crippen LogP contribution in [0.1, 0.15) is 11.1 Å². The fourth-order valence-electron chi connectivity index (χ4n) is 1.56. The lowest BCUT2D eigenvalue weighted by Crippen LogP contribution is -1.94. The van der Waals surface area contributed by atoms with E-state index in [0.29, 0.717) is 12.4 Å². The van der Waals surface area contributed by atoms with Gasteiger partial charge in [0.2, 0.25) is 5.75 Å². The number of ether oxygens (including phenoxy) is 1. The number of rotatable bonds is 2. The first kappa shape index (κ1) is 9.27. The molecular formula is C9H8ClNO3. The van der Waals surface area contributed by atoms with Gasteiger partial charge in [-0.3, -0.25) is 10.1 Å². The van der Waals surface area contributed by atoms with Crippen molar-refractivity contribution in [1.29, 1.82) is 0 Å². The minimum absolute atomic E-state index is 0.0238. The molecule has 4 nitrogen and oxygen atoms in total. The Labute approximate surface area is 85.6 Å². The molecule has 0 fully saturated rings. The summed E-state index contributed by atoms with van der Waals surface area (Å²) < 4.78 is 5.21. The third kappa shape index (κ3) is 1.42. The Morgan fingerprint density at radius 3 is 3.00 bits per heavy atom. The molecule has 1 aromatic rings. The highest BCUT2D eigenvalue weighted by Crippen LogP contribution is 2.36. The number of halogens is 1. The zero-order valence-corrected chi connectivity index (χ0v) is 8.08. The van der Waals surface area contributed by atoms with Gasteiger partial charge in [-0.1, -0.05) is 6.07 Å². The third-order valence-corrected chi connectivity index (χ3v) is 2.48. The van der Waals surface area contributed by atoms with E-state index in [1.165, 1.54) is 6.07 Å². The van der Waals surface area contributed by atoms with E-state index in [1.54, 1.807) is 0 Å². The summed E-state index contributed by atoms with van der Waals surface area (Å²) in [6.45, 7) is 0.516. The quantitative estimate of drug-likeness (QED) is 0.430. The largest absolute Gasteiger partial charge is 0.486 e. The van der Waals surface area contributed by atoms with E-state index in [9.17, 15) is 10.1 Å². The smallest absolute Gasteiger partial charge is 0.311 e. The normalized spacial score (nSPS) is 13.5. The van der Waals surface area contributed by atoms with Crippen LogP contribution in [0, 0.1) is 10.1 Å². The van der Waals surface area contributed by atoms with Crippen LogP contribution >= 0.6 is 11.6 Å². The van der Waals surface area contributed by atoms with Crippen LogP contribution in [-0.4, -0.2) is 11.5 Å². The molecule has 0 atom stereocenters. The van der Waals surface area contributed by atoms with Crippen molar-refractivity contribution < 1.29 is 9.66 Å². The highest BCUT2D eigenvalue weighted by molar-refractivity contribution is 6.17. The van der Waals surface area contributed by atoms with Gasteiger partial charge in [0.15, 0.2) is 0 Å². The van der Waals surface area contributed by atoms with Crippen LogP contribution in [0.2, 0.25) is 0 Å². The number of alkyl halides is 1. The Balaban J connectivity index is 2.57. The van der Waals surface area contributed by atoms with Crippen LogP contribution in [0.4, 0.5) is 5.69 Å². The van der Waals surface area contributed by atoms with Crippen LogP contribution in [0.25, 0.3) is 0 Å². The number of hydrogen-bond acceptors (Lipinski definition) is 3. The molecule has 5 heteroatoms. The van der Waals surface area contributed by atoms with E-state index >= 15 is 0 Å². The maximum atomic E-state index is 10.7. The maximum absolute atomic E-state index is 10.7. The number of benzene rings is 1. The molecular weight excluding hydrogens is 206 g/mol. The van der Waals surface area contributed by atoms with Crippen molar-refractivity contribution in [3.8, 4) is 5.75 Å². The molecule has 1 aromatic carbocycles. The lowest BCUT2D eigenvalue weighted by atomic mass is 10.1. The average molecular weight is 214 g/mol. The summed E-state index contributed by atoms with van der Waals surface area (Å²) in [4.78, 5) is 10.3. The van der Waals surface area contributed by atoms with Crippen molar-refractivity contribution in [2.24, 2.45) is 0 Å². The number of fused-ring (bicyclic) bond motifs is 1. The molecule has 0 aromatic heterocycles. The molecule has 1 heterocycles. The maximum Gasteiger partial charge on any atom is 0.311 e. The average Bonchev–Trinajstić information content (AvgIpc) is 2.63. The summed E-state index contributed by atoms with van der Waals surface area (Å²) >= 11 is 5.64. The molecule has 74 valence electrons. The first-order valence-electron chi connectivity index (χ1n) is 4.21. The third-order valence-electron chi connectivity index (χ3n) is 2.17. The van der Waals surface area contributed by atoms with Crippen LogP contribution in [0.5, 0.6) is 5.75 Å². The van der Waals surface area contributed by atoms with Crippen LogP contribution in [0.3, 0.4) is 0 Å². The minimum Gasteiger partial charge on any atom is -0.486 e. The Hall–Kier alpha value is -1.29. The van der Waals surface area contributed by atoms with E-state index in [4.69, 9.17) is 16.3 Å². The first-order chi connectivity index (χ1) is 6.72. The second kappa shape index (κ2) is 3.46. The molecule has 0 amide bonds. The van der Waals surface area contributed by atoms with Gasteiger partial charge in [0.05, 0.1) is 11.5 Å². The molecule has 0 radical (unpaired) electrons. The fraction of sp³-hybridized carbons (Fsp3) is 0.333. The van der Waals surface area contributed by atoms with Crippen molar-refractivity contribution in [1.82, 2.24) is 0 Å². The Morgan fingerprint density at radius 1 is 1.57 bits per heavy atom. The molecule has 0 aliphatic carbocycles. The summed E-state index contributed by atoms with van der Waals surface area (Å²) in [7, 11) is 0. The van der Waals surface area contributed by atoms with Gasteiger partial charge in [0.25, 0.3) is 0 Å². The summed E-state index contributed by atoms with van der Waals surface area (Å²) in [5, 5.41) is 10.7. The van der Waals surface area contributed by atoms with Crippen LogP contribution < -0.4 is 4.74 Å². The molecule has 0 bridgehead atoms. The summed E-state index contributed by atoms with van der Waals surface area (Å²) in [6.07, 6.45) is 0.723. The van der Waals surface area contributed by atoms with Crippen molar-refractivity contribution in [3.05, 3.63) is 33.4 Å². The zero-order chi connectivity index (χ0) is 10.1. The minimum atomic E-state index is -0.430. The highest BCUT2D eigenvalue weighted by atomic mass is 35.5. The molecule has 0 spiro atoms. The molecule has 0 N–H and O–H groups in total. The van der Waals surface area contributed by atoms with E-state index < -0.39 is 4.92 Å². The Morgan fingerprint density at radius 2 is 2.36 bits per heavy atom. The predicted molar refractivity (Wildman–Crippen MR) is 51.9 cm³/mol. The molecule has 0 saturated heterocycles. The Kier molecular flexibility index (Phi) is 2.29. The predicted octanol–water partition coefficient (Wildman–Crippen LogP) is 2.27. The topological polar surface area (TPSA) is 52.4 Å². The van der Waals surface area contributed by atoms with E-state index in [0.717, 1.165) is 17.5 Å². The Bertz CT molecular complexity index is 392. The van der Waals surface area contributed by atoms with Crippen molar-refractivity contribution in [3.63, 3.8) is 0 Å². The lowest BCUT2D eigenvalue weighted by Gasteiger charge is -2.02. The lowest BCUT2D eigenvalue weighted by molar-refractivity contribution is -0.385. The first-order valence-corrected chi connectivity index (χ1v) is 4.75. The second-order valence-corrected chi connectivity index (χ2v) is 3.36. The van der Waals surface area contributed by atoms with Crippen LogP contribution in [-0.2, 0) is 12.3 Å². The highest BCUT2D eigenvalue weighted by Gasteiger charge is 2.24. The van der Waals surface area contributed by atoms with Gasteiger partial charge in [0.1, 0.15) is 0 Å². The molecule has 2 rings (SSSR count). The number of nitro groups is 1. The second-order valence-electron chi connectivity index (χ2n) is 3.09. The summed E-state index contributed by atoms with van der Waals surface area (Å²) in [5.41, 5.74) is 1.67. The van der Waals surface area contributed by atoms with Crippen molar-refractivity contribution >= 4 is 17.3 Å². The molecule has 0 saturated carbocycles. The standard InChI is InChI=1S/C9H8ClNO3/c10-5-6-3-7-1-2-14-9(7)8(4-6)11(12)13/h3-4H,1-2,5H2. The zero-order valence-electron chi connectivity index (χ0n) is 7.33. The summed E-state index contributed by atoms with van der Waals surface area (Å²) in [5.74, 6) is 0.692. The van der Waals surface area contributed by atoms with E-state index in [2.05, 4.69) is 0 Å². The molecule has 1 aliphatic heterocycles. The monoisotopic (exact) mass is 213 g/mol. The van der Waals surface area contributed by atoms with E-state index in [-0.39, 0.29) is 11.6 Å². The van der Waals surface area contributed by atoms with Crippen molar-refractivity contribution in [2.75, 3.05) is 6.61 Å². The number of hydrogen-bond donors (Lipinski definition) is 0. The van der Waals surface area contributed by atoms with Gasteiger partial charge in [-0.05, 0) is 5.56 Å². The molecule has 14 heavy (non-hydrogen) atoms. The van der Waals surface area contributed by atoms with Gasteiger partial charge < -0.3 is 4.74 Å². The van der Waals surface area contributed by atoms with Gasteiger partial charge in [0, 0.05) is 23.9 Å². The van der Waals surface area contributed by atoms with Gasteiger partial charge in [-0.15, -0.1) is 11.6 Å². The molecule has 1 aliphatic rings.